The van der Waals surface area contributed by atoms with Gasteiger partial charge in [0.1, 0.15) is 10.7 Å². The molecule has 3 heterocycles. The molecule has 0 bridgehead atoms. The maximum Gasteiger partial charge on any atom is 0.259 e. The minimum Gasteiger partial charge on any atom is -0.374 e. The third-order valence-corrected chi connectivity index (χ3v) is 5.05. The molecule has 0 aromatic carbocycles. The molecule has 0 aliphatic carbocycles. The van der Waals surface area contributed by atoms with Gasteiger partial charge >= 0.3 is 0 Å². The van der Waals surface area contributed by atoms with Crippen molar-refractivity contribution < 1.29 is 4.74 Å². The van der Waals surface area contributed by atoms with Gasteiger partial charge in [-0.2, -0.15) is 0 Å². The van der Waals surface area contributed by atoms with Crippen molar-refractivity contribution in [1.82, 2.24) is 14.9 Å². The second-order valence-electron chi connectivity index (χ2n) is 5.44. The van der Waals surface area contributed by atoms with Gasteiger partial charge in [-0.3, -0.25) is 9.69 Å². The Morgan fingerprint density at radius 2 is 2.33 bits per heavy atom. The number of H-pyrrole nitrogens is 1. The number of nitrogens with one attached hydrogen (secondary N) is 1. The average Bonchev–Trinajstić information content (AvgIpc) is 2.74. The van der Waals surface area contributed by atoms with E-state index in [-0.39, 0.29) is 11.7 Å². The summed E-state index contributed by atoms with van der Waals surface area (Å²) in [5.41, 5.74) is 6.64. The highest BCUT2D eigenvalue weighted by molar-refractivity contribution is 7.18. The van der Waals surface area contributed by atoms with E-state index < -0.39 is 0 Å². The average molecular weight is 308 g/mol. The lowest BCUT2D eigenvalue weighted by atomic mass is 10.2. The van der Waals surface area contributed by atoms with Gasteiger partial charge in [-0.15, -0.1) is 11.3 Å². The van der Waals surface area contributed by atoms with Crippen LogP contribution in [0.3, 0.4) is 0 Å². The molecule has 1 saturated heterocycles. The van der Waals surface area contributed by atoms with Crippen molar-refractivity contribution in [3.8, 4) is 0 Å². The number of rotatable bonds is 3. The van der Waals surface area contributed by atoms with E-state index >= 15 is 0 Å². The molecule has 0 amide bonds. The number of nitrogens with two attached hydrogens (primary N) is 1. The van der Waals surface area contributed by atoms with Crippen molar-refractivity contribution in [3.63, 3.8) is 0 Å². The maximum absolute atomic E-state index is 12.2. The topological polar surface area (TPSA) is 84.2 Å². The Balaban J connectivity index is 1.86. The molecule has 0 spiro atoms. The molecule has 1 aliphatic heterocycles. The second-order valence-corrected chi connectivity index (χ2v) is 6.64. The summed E-state index contributed by atoms with van der Waals surface area (Å²) < 4.78 is 5.55. The third kappa shape index (κ3) is 2.87. The normalized spacial score (nSPS) is 20.2. The first kappa shape index (κ1) is 14.6. The van der Waals surface area contributed by atoms with Crippen molar-refractivity contribution in [2.24, 2.45) is 5.73 Å². The SMILES string of the molecule is Cc1sc2nc(CN3CCOC(CN)C3)[nH]c(=O)c2c1C. The molecule has 1 aliphatic rings. The van der Waals surface area contributed by atoms with Crippen LogP contribution in [0.5, 0.6) is 0 Å². The van der Waals surface area contributed by atoms with Crippen molar-refractivity contribution in [2.75, 3.05) is 26.2 Å². The number of morpholine rings is 1. The summed E-state index contributed by atoms with van der Waals surface area (Å²) in [5, 5.41) is 0.725. The Morgan fingerprint density at radius 3 is 3.10 bits per heavy atom. The van der Waals surface area contributed by atoms with E-state index in [2.05, 4.69) is 14.9 Å². The molecule has 1 atom stereocenters. The minimum atomic E-state index is -0.0412. The molecule has 21 heavy (non-hydrogen) atoms. The number of fused-ring (bicyclic) bond motifs is 1. The highest BCUT2D eigenvalue weighted by Crippen LogP contribution is 2.25. The lowest BCUT2D eigenvalue weighted by molar-refractivity contribution is -0.0268. The molecule has 114 valence electrons. The maximum atomic E-state index is 12.2. The van der Waals surface area contributed by atoms with E-state index in [0.717, 1.165) is 33.7 Å². The van der Waals surface area contributed by atoms with Crippen LogP contribution in [0.15, 0.2) is 4.79 Å². The molecular formula is C14H20N4O2S. The minimum absolute atomic E-state index is 0.0412. The van der Waals surface area contributed by atoms with Gasteiger partial charge < -0.3 is 15.5 Å². The number of nitrogens with zero attached hydrogens (tertiary/aromatic N) is 2. The van der Waals surface area contributed by atoms with E-state index in [1.807, 2.05) is 13.8 Å². The van der Waals surface area contributed by atoms with E-state index in [1.54, 1.807) is 11.3 Å². The van der Waals surface area contributed by atoms with Crippen LogP contribution in [0.2, 0.25) is 0 Å². The summed E-state index contributed by atoms with van der Waals surface area (Å²) in [6, 6.07) is 0. The van der Waals surface area contributed by atoms with Gasteiger partial charge in [0.05, 0.1) is 24.6 Å². The fraction of sp³-hybridized carbons (Fsp3) is 0.571. The van der Waals surface area contributed by atoms with Gasteiger partial charge in [0.15, 0.2) is 0 Å². The van der Waals surface area contributed by atoms with Crippen LogP contribution in [0.25, 0.3) is 10.2 Å². The van der Waals surface area contributed by atoms with Gasteiger partial charge in [0.25, 0.3) is 5.56 Å². The molecule has 2 aromatic heterocycles. The van der Waals surface area contributed by atoms with Crippen LogP contribution in [-0.4, -0.2) is 47.2 Å². The Morgan fingerprint density at radius 1 is 1.52 bits per heavy atom. The summed E-state index contributed by atoms with van der Waals surface area (Å²) in [6.45, 7) is 7.42. The lowest BCUT2D eigenvalue weighted by Crippen LogP contribution is -2.45. The Hall–Kier alpha value is -1.28. The summed E-state index contributed by atoms with van der Waals surface area (Å²) in [6.07, 6.45) is 0.0698. The number of hydrogen-bond donors (Lipinski definition) is 2. The van der Waals surface area contributed by atoms with Crippen molar-refractivity contribution >= 4 is 21.6 Å². The third-order valence-electron chi connectivity index (χ3n) is 3.95. The molecule has 1 unspecified atom stereocenters. The lowest BCUT2D eigenvalue weighted by Gasteiger charge is -2.31. The number of aromatic amines is 1. The van der Waals surface area contributed by atoms with Crippen LogP contribution in [0, 0.1) is 13.8 Å². The number of ether oxygens (including phenoxy) is 1. The quantitative estimate of drug-likeness (QED) is 0.874. The van der Waals surface area contributed by atoms with E-state index in [0.29, 0.717) is 25.5 Å². The fourth-order valence-corrected chi connectivity index (χ4v) is 3.70. The van der Waals surface area contributed by atoms with E-state index in [4.69, 9.17) is 10.5 Å². The monoisotopic (exact) mass is 308 g/mol. The second kappa shape index (κ2) is 5.84. The summed E-state index contributed by atoms with van der Waals surface area (Å²) in [5.74, 6) is 0.714. The van der Waals surface area contributed by atoms with Gasteiger partial charge in [-0.1, -0.05) is 0 Å². The Labute approximate surface area is 126 Å². The summed E-state index contributed by atoms with van der Waals surface area (Å²) in [4.78, 5) is 24.0. The zero-order valence-electron chi connectivity index (χ0n) is 12.3. The predicted molar refractivity (Wildman–Crippen MR) is 83.8 cm³/mol. The van der Waals surface area contributed by atoms with Crippen molar-refractivity contribution in [3.05, 3.63) is 26.6 Å². The first-order chi connectivity index (χ1) is 10.1. The smallest absolute Gasteiger partial charge is 0.259 e. The molecule has 2 aromatic rings. The Bertz CT molecular complexity index is 709. The zero-order chi connectivity index (χ0) is 15.0. The van der Waals surface area contributed by atoms with Gasteiger partial charge in [-0.05, 0) is 19.4 Å². The Kier molecular flexibility index (Phi) is 4.08. The molecule has 6 nitrogen and oxygen atoms in total. The molecular weight excluding hydrogens is 288 g/mol. The highest BCUT2D eigenvalue weighted by atomic mass is 32.1. The first-order valence-corrected chi connectivity index (χ1v) is 7.93. The van der Waals surface area contributed by atoms with Gasteiger partial charge in [-0.25, -0.2) is 4.98 Å². The standard InChI is InChI=1S/C14H20N4O2S/c1-8-9(2)21-14-12(8)13(19)16-11(17-14)7-18-3-4-20-10(5-15)6-18/h10H,3-7,15H2,1-2H3,(H,16,17,19). The number of aromatic nitrogens is 2. The molecule has 1 fully saturated rings. The van der Waals surface area contributed by atoms with E-state index in [9.17, 15) is 4.79 Å². The van der Waals surface area contributed by atoms with Crippen LogP contribution in [0.4, 0.5) is 0 Å². The first-order valence-electron chi connectivity index (χ1n) is 7.11. The van der Waals surface area contributed by atoms with Crippen LogP contribution < -0.4 is 11.3 Å². The zero-order valence-corrected chi connectivity index (χ0v) is 13.1. The van der Waals surface area contributed by atoms with Crippen LogP contribution in [0.1, 0.15) is 16.3 Å². The van der Waals surface area contributed by atoms with Gasteiger partial charge in [0, 0.05) is 24.5 Å². The molecule has 3 rings (SSSR count). The highest BCUT2D eigenvalue weighted by Gasteiger charge is 2.20. The molecule has 7 heteroatoms. The van der Waals surface area contributed by atoms with E-state index in [1.165, 1.54) is 0 Å². The molecule has 3 N–H and O–H groups in total. The number of aryl methyl sites for hydroxylation is 2. The van der Waals surface area contributed by atoms with Crippen LogP contribution >= 0.6 is 11.3 Å². The molecule has 0 saturated carbocycles. The van der Waals surface area contributed by atoms with Gasteiger partial charge in [0.2, 0.25) is 0 Å². The van der Waals surface area contributed by atoms with Crippen molar-refractivity contribution in [1.29, 1.82) is 0 Å². The number of hydrogen-bond acceptors (Lipinski definition) is 6. The number of thiophene rings is 1. The fourth-order valence-electron chi connectivity index (χ4n) is 2.65. The predicted octanol–water partition coefficient (Wildman–Crippen LogP) is 0.761. The molecule has 0 radical (unpaired) electrons. The summed E-state index contributed by atoms with van der Waals surface area (Å²) >= 11 is 1.58. The summed E-state index contributed by atoms with van der Waals surface area (Å²) in [7, 11) is 0. The largest absolute Gasteiger partial charge is 0.374 e. The van der Waals surface area contributed by atoms with Crippen LogP contribution in [-0.2, 0) is 11.3 Å². The van der Waals surface area contributed by atoms with Crippen molar-refractivity contribution in [2.45, 2.75) is 26.5 Å².